The summed E-state index contributed by atoms with van der Waals surface area (Å²) in [5, 5.41) is 4.10. The smallest absolute Gasteiger partial charge is 0.251 e. The summed E-state index contributed by atoms with van der Waals surface area (Å²) in [6.45, 7) is 3.72. The summed E-state index contributed by atoms with van der Waals surface area (Å²) in [6.07, 6.45) is 2.84. The van der Waals surface area contributed by atoms with E-state index in [1.165, 1.54) is 15.2 Å². The second kappa shape index (κ2) is 6.21. The average Bonchev–Trinajstić information content (AvgIpc) is 3.16. The van der Waals surface area contributed by atoms with Crippen LogP contribution in [0, 0.1) is 6.92 Å². The van der Waals surface area contributed by atoms with E-state index in [-0.39, 0.29) is 16.9 Å². The van der Waals surface area contributed by atoms with Crippen LogP contribution in [0.1, 0.15) is 18.5 Å². The van der Waals surface area contributed by atoms with Gasteiger partial charge in [-0.2, -0.15) is 9.40 Å². The highest BCUT2D eigenvalue weighted by Crippen LogP contribution is 2.21. The molecule has 9 heteroatoms. The summed E-state index contributed by atoms with van der Waals surface area (Å²) >= 11 is 0. The van der Waals surface area contributed by atoms with Gasteiger partial charge in [0.05, 0.1) is 5.69 Å². The molecular formula is C14H22N4O4S. The topological polar surface area (TPSA) is 84.7 Å². The molecule has 1 unspecified atom stereocenters. The molecule has 0 spiro atoms. The fourth-order valence-electron chi connectivity index (χ4n) is 3.10. The molecule has 2 saturated heterocycles. The van der Waals surface area contributed by atoms with Crippen LogP contribution < -0.4 is 0 Å². The molecular weight excluding hydrogens is 320 g/mol. The summed E-state index contributed by atoms with van der Waals surface area (Å²) in [4.78, 5) is 14.2. The molecule has 3 heterocycles. The Bertz CT molecular complexity index is 686. The molecule has 2 fully saturated rings. The summed E-state index contributed by atoms with van der Waals surface area (Å²) in [5.74, 6) is -0.0166. The number of aryl methyl sites for hydroxylation is 2. The lowest BCUT2D eigenvalue weighted by Gasteiger charge is -2.34. The van der Waals surface area contributed by atoms with E-state index in [1.54, 1.807) is 18.9 Å². The Labute approximate surface area is 136 Å². The molecule has 23 heavy (non-hydrogen) atoms. The van der Waals surface area contributed by atoms with E-state index >= 15 is 0 Å². The molecule has 3 rings (SSSR count). The van der Waals surface area contributed by atoms with Gasteiger partial charge in [0.25, 0.3) is 5.91 Å². The summed E-state index contributed by atoms with van der Waals surface area (Å²) in [5.41, 5.74) is 0.491. The fraction of sp³-hybridized carbons (Fsp3) is 0.714. The SMILES string of the molecule is Cc1nn(C)cc1S(=O)(=O)N1CCN(C(=O)C2CCCO2)CC1. The molecule has 1 amide bonds. The first kappa shape index (κ1) is 16.4. The number of nitrogens with zero attached hydrogens (tertiary/aromatic N) is 4. The Morgan fingerprint density at radius 1 is 1.30 bits per heavy atom. The average molecular weight is 342 g/mol. The lowest BCUT2D eigenvalue weighted by molar-refractivity contribution is -0.142. The third-order valence-electron chi connectivity index (χ3n) is 4.34. The minimum atomic E-state index is -3.56. The fourth-order valence-corrected chi connectivity index (χ4v) is 4.72. The van der Waals surface area contributed by atoms with Crippen molar-refractivity contribution in [2.24, 2.45) is 7.05 Å². The first-order valence-electron chi connectivity index (χ1n) is 7.80. The molecule has 0 aliphatic carbocycles. The molecule has 0 N–H and O–H groups in total. The highest BCUT2D eigenvalue weighted by molar-refractivity contribution is 7.89. The van der Waals surface area contributed by atoms with Crippen molar-refractivity contribution in [1.82, 2.24) is 19.0 Å². The Morgan fingerprint density at radius 2 is 2.00 bits per heavy atom. The maximum Gasteiger partial charge on any atom is 0.251 e. The maximum absolute atomic E-state index is 12.7. The van der Waals surface area contributed by atoms with Crippen molar-refractivity contribution in [1.29, 1.82) is 0 Å². The number of hydrogen-bond acceptors (Lipinski definition) is 5. The molecule has 1 aromatic rings. The standard InChI is InChI=1S/C14H22N4O4S/c1-11-13(10-16(2)15-11)23(20,21)18-7-5-17(6-8-18)14(19)12-4-3-9-22-12/h10,12H,3-9H2,1-2H3. The number of ether oxygens (including phenoxy) is 1. The van der Waals surface area contributed by atoms with Crippen molar-refractivity contribution >= 4 is 15.9 Å². The number of amides is 1. The van der Waals surface area contributed by atoms with Crippen molar-refractivity contribution in [3.63, 3.8) is 0 Å². The normalized spacial score (nSPS) is 23.4. The van der Waals surface area contributed by atoms with Gasteiger partial charge in [0.15, 0.2) is 0 Å². The second-order valence-corrected chi connectivity index (χ2v) is 7.89. The largest absolute Gasteiger partial charge is 0.368 e. The van der Waals surface area contributed by atoms with E-state index in [2.05, 4.69) is 5.10 Å². The predicted molar refractivity (Wildman–Crippen MR) is 82.3 cm³/mol. The zero-order valence-corrected chi connectivity index (χ0v) is 14.3. The molecule has 0 radical (unpaired) electrons. The number of aromatic nitrogens is 2. The van der Waals surface area contributed by atoms with Gasteiger partial charge in [0.2, 0.25) is 10.0 Å². The molecule has 1 atom stereocenters. The Kier molecular flexibility index (Phi) is 4.43. The zero-order valence-electron chi connectivity index (χ0n) is 13.4. The number of carbonyl (C=O) groups is 1. The number of rotatable bonds is 3. The van der Waals surface area contributed by atoms with Crippen molar-refractivity contribution in [3.8, 4) is 0 Å². The van der Waals surface area contributed by atoms with Gasteiger partial charge in [-0.15, -0.1) is 0 Å². The molecule has 0 saturated carbocycles. The predicted octanol–water partition coefficient (Wildman–Crippen LogP) is -0.260. The van der Waals surface area contributed by atoms with Crippen molar-refractivity contribution in [3.05, 3.63) is 11.9 Å². The molecule has 2 aliphatic rings. The van der Waals surface area contributed by atoms with Crippen LogP contribution in [0.15, 0.2) is 11.1 Å². The van der Waals surface area contributed by atoms with Gasteiger partial charge in [-0.25, -0.2) is 8.42 Å². The summed E-state index contributed by atoms with van der Waals surface area (Å²) in [6, 6.07) is 0. The molecule has 2 aliphatic heterocycles. The Morgan fingerprint density at radius 3 is 2.52 bits per heavy atom. The third kappa shape index (κ3) is 3.13. The van der Waals surface area contributed by atoms with Crippen molar-refractivity contribution in [2.75, 3.05) is 32.8 Å². The lowest BCUT2D eigenvalue weighted by Crippen LogP contribution is -2.52. The van der Waals surface area contributed by atoms with Crippen molar-refractivity contribution in [2.45, 2.75) is 30.8 Å². The van der Waals surface area contributed by atoms with Crippen LogP contribution in [0.4, 0.5) is 0 Å². The lowest BCUT2D eigenvalue weighted by atomic mass is 10.2. The highest BCUT2D eigenvalue weighted by Gasteiger charge is 2.35. The van der Waals surface area contributed by atoms with E-state index in [4.69, 9.17) is 4.74 Å². The summed E-state index contributed by atoms with van der Waals surface area (Å²) in [7, 11) is -1.86. The number of piperazine rings is 1. The minimum absolute atomic E-state index is 0.0166. The van der Waals surface area contributed by atoms with Crippen LogP contribution in [-0.2, 0) is 26.6 Å². The number of carbonyl (C=O) groups excluding carboxylic acids is 1. The number of hydrogen-bond donors (Lipinski definition) is 0. The van der Waals surface area contributed by atoms with Gasteiger partial charge in [0.1, 0.15) is 11.0 Å². The van der Waals surface area contributed by atoms with Gasteiger partial charge in [-0.05, 0) is 19.8 Å². The van der Waals surface area contributed by atoms with E-state index in [9.17, 15) is 13.2 Å². The van der Waals surface area contributed by atoms with Crippen LogP contribution in [0.2, 0.25) is 0 Å². The van der Waals surface area contributed by atoms with E-state index in [0.717, 1.165) is 12.8 Å². The van der Waals surface area contributed by atoms with Gasteiger partial charge in [-0.3, -0.25) is 9.48 Å². The highest BCUT2D eigenvalue weighted by atomic mass is 32.2. The first-order chi connectivity index (χ1) is 10.9. The quantitative estimate of drug-likeness (QED) is 0.756. The van der Waals surface area contributed by atoms with Gasteiger partial charge in [-0.1, -0.05) is 0 Å². The molecule has 0 bridgehead atoms. The molecule has 0 aromatic carbocycles. The maximum atomic E-state index is 12.7. The third-order valence-corrected chi connectivity index (χ3v) is 6.34. The van der Waals surface area contributed by atoms with Gasteiger partial charge < -0.3 is 9.64 Å². The van der Waals surface area contributed by atoms with Gasteiger partial charge in [0, 0.05) is 46.0 Å². The molecule has 1 aromatic heterocycles. The van der Waals surface area contributed by atoms with Gasteiger partial charge >= 0.3 is 0 Å². The molecule has 8 nitrogen and oxygen atoms in total. The second-order valence-electron chi connectivity index (χ2n) is 5.98. The van der Waals surface area contributed by atoms with Crippen LogP contribution in [-0.4, -0.2) is 72.2 Å². The van der Waals surface area contributed by atoms with Crippen LogP contribution in [0.3, 0.4) is 0 Å². The molecule has 128 valence electrons. The van der Waals surface area contributed by atoms with E-state index < -0.39 is 10.0 Å². The first-order valence-corrected chi connectivity index (χ1v) is 9.24. The van der Waals surface area contributed by atoms with Crippen LogP contribution >= 0.6 is 0 Å². The Hall–Kier alpha value is -1.45. The van der Waals surface area contributed by atoms with Crippen molar-refractivity contribution < 1.29 is 17.9 Å². The zero-order chi connectivity index (χ0) is 16.6. The summed E-state index contributed by atoms with van der Waals surface area (Å²) < 4.78 is 33.7. The van der Waals surface area contributed by atoms with Crippen LogP contribution in [0.25, 0.3) is 0 Å². The van der Waals surface area contributed by atoms with E-state index in [0.29, 0.717) is 38.5 Å². The minimum Gasteiger partial charge on any atom is -0.368 e. The number of sulfonamides is 1. The van der Waals surface area contributed by atoms with E-state index in [1.807, 2.05) is 0 Å². The van der Waals surface area contributed by atoms with Crippen LogP contribution in [0.5, 0.6) is 0 Å². The Balaban J connectivity index is 1.66. The monoisotopic (exact) mass is 342 g/mol.